The molecule has 0 aliphatic heterocycles. The fourth-order valence-electron chi connectivity index (χ4n) is 3.37. The van der Waals surface area contributed by atoms with E-state index in [1.165, 1.54) is 11.1 Å². The third-order valence-corrected chi connectivity index (χ3v) is 4.86. The van der Waals surface area contributed by atoms with Gasteiger partial charge in [0.15, 0.2) is 0 Å². The minimum absolute atomic E-state index is 0.0820. The van der Waals surface area contributed by atoms with E-state index < -0.39 is 0 Å². The number of benzene rings is 3. The molecule has 0 aliphatic carbocycles. The van der Waals surface area contributed by atoms with E-state index in [2.05, 4.69) is 62.4 Å². The number of hydrogen-bond acceptors (Lipinski definition) is 0. The molecule has 0 atom stereocenters. The normalized spacial score (nSPS) is 12.2. The summed E-state index contributed by atoms with van der Waals surface area (Å²) in [5.74, 6) is -0.194. The molecule has 0 saturated carbocycles. The second kappa shape index (κ2) is 8.14. The first kappa shape index (κ1) is 18.1. The molecule has 26 heavy (non-hydrogen) atoms. The molecule has 132 valence electrons. The molecule has 0 unspecified atom stereocenters. The van der Waals surface area contributed by atoms with Crippen molar-refractivity contribution in [3.05, 3.63) is 112 Å². The minimum Gasteiger partial charge on any atom is -0.206 e. The predicted octanol–water partition coefficient (Wildman–Crippen LogP) is 7.23. The summed E-state index contributed by atoms with van der Waals surface area (Å²) in [6.07, 6.45) is 0.660. The van der Waals surface area contributed by atoms with Crippen LogP contribution in [0, 0.1) is 13.8 Å². The first-order chi connectivity index (χ1) is 12.6. The van der Waals surface area contributed by atoms with Gasteiger partial charge in [-0.1, -0.05) is 96.9 Å². The van der Waals surface area contributed by atoms with Crippen molar-refractivity contribution in [1.29, 1.82) is 0 Å². The monoisotopic (exact) mass is 344 g/mol. The van der Waals surface area contributed by atoms with Crippen LogP contribution in [0.1, 0.15) is 47.1 Å². The Hall–Kier alpha value is -2.67. The van der Waals surface area contributed by atoms with Crippen LogP contribution in [0.25, 0.3) is 5.83 Å². The Morgan fingerprint density at radius 2 is 1.19 bits per heavy atom. The molecule has 0 spiro atoms. The number of allylic oxidation sites excluding steroid dienone is 1. The molecule has 0 aromatic heterocycles. The molecule has 0 heterocycles. The lowest BCUT2D eigenvalue weighted by Crippen LogP contribution is -2.06. The summed E-state index contributed by atoms with van der Waals surface area (Å²) in [5.41, 5.74) is 6.14. The molecule has 0 bridgehead atoms. The predicted molar refractivity (Wildman–Crippen MR) is 109 cm³/mol. The molecule has 3 aromatic carbocycles. The largest absolute Gasteiger partial charge is 0.206 e. The number of rotatable bonds is 5. The van der Waals surface area contributed by atoms with Crippen LogP contribution in [0.15, 0.2) is 84.4 Å². The summed E-state index contributed by atoms with van der Waals surface area (Å²) in [5, 5.41) is 0. The molecule has 0 radical (unpaired) electrons. The van der Waals surface area contributed by atoms with Crippen molar-refractivity contribution >= 4 is 5.83 Å². The third-order valence-electron chi connectivity index (χ3n) is 4.86. The molecular weight excluding hydrogens is 319 g/mol. The summed E-state index contributed by atoms with van der Waals surface area (Å²) in [6.45, 7) is 6.19. The summed E-state index contributed by atoms with van der Waals surface area (Å²) in [7, 11) is 0. The van der Waals surface area contributed by atoms with Crippen LogP contribution in [0.2, 0.25) is 0 Å². The van der Waals surface area contributed by atoms with Gasteiger partial charge in [0, 0.05) is 11.5 Å². The van der Waals surface area contributed by atoms with Crippen LogP contribution in [-0.2, 0) is 0 Å². The Bertz CT molecular complexity index is 826. The highest BCUT2D eigenvalue weighted by Gasteiger charge is 2.22. The van der Waals surface area contributed by atoms with Crippen LogP contribution in [0.4, 0.5) is 4.39 Å². The van der Waals surface area contributed by atoms with Crippen molar-refractivity contribution in [3.8, 4) is 0 Å². The van der Waals surface area contributed by atoms with Crippen LogP contribution in [0.3, 0.4) is 0 Å². The number of halogens is 1. The van der Waals surface area contributed by atoms with Gasteiger partial charge in [-0.2, -0.15) is 0 Å². The zero-order valence-corrected chi connectivity index (χ0v) is 15.7. The van der Waals surface area contributed by atoms with Crippen LogP contribution < -0.4 is 0 Å². The maximum absolute atomic E-state index is 15.5. The molecular formula is C25H25F. The van der Waals surface area contributed by atoms with Gasteiger partial charge in [0.05, 0.1) is 0 Å². The average Bonchev–Trinajstić information content (AvgIpc) is 2.68. The molecule has 0 nitrogen and oxygen atoms in total. The van der Waals surface area contributed by atoms with E-state index in [1.807, 2.05) is 37.3 Å². The van der Waals surface area contributed by atoms with Gasteiger partial charge in [0.1, 0.15) is 5.83 Å². The van der Waals surface area contributed by atoms with Crippen LogP contribution >= 0.6 is 0 Å². The summed E-state index contributed by atoms with van der Waals surface area (Å²) < 4.78 is 15.5. The van der Waals surface area contributed by atoms with Crippen molar-refractivity contribution in [2.24, 2.45) is 0 Å². The minimum atomic E-state index is -0.112. The molecule has 0 saturated heterocycles. The SMILES string of the molecule is CC/C(=C(\F)c1ccccc1)C(c1ccc(C)cc1)c1ccc(C)cc1. The van der Waals surface area contributed by atoms with Gasteiger partial charge in [0.25, 0.3) is 0 Å². The van der Waals surface area contributed by atoms with Gasteiger partial charge < -0.3 is 0 Å². The van der Waals surface area contributed by atoms with E-state index in [0.717, 1.165) is 16.7 Å². The molecule has 0 fully saturated rings. The first-order valence-electron chi connectivity index (χ1n) is 9.17. The summed E-state index contributed by atoms with van der Waals surface area (Å²) in [4.78, 5) is 0. The molecule has 0 aliphatic rings. The van der Waals surface area contributed by atoms with Crippen molar-refractivity contribution in [2.75, 3.05) is 0 Å². The molecule has 3 rings (SSSR count). The van der Waals surface area contributed by atoms with Crippen LogP contribution in [-0.4, -0.2) is 0 Å². The number of aryl methyl sites for hydroxylation is 2. The zero-order chi connectivity index (χ0) is 18.5. The lowest BCUT2D eigenvalue weighted by atomic mass is 9.82. The zero-order valence-electron chi connectivity index (χ0n) is 15.7. The maximum atomic E-state index is 15.5. The van der Waals surface area contributed by atoms with Gasteiger partial charge in [0.2, 0.25) is 0 Å². The van der Waals surface area contributed by atoms with Gasteiger partial charge in [-0.3, -0.25) is 0 Å². The molecule has 0 amide bonds. The Morgan fingerprint density at radius 3 is 1.62 bits per heavy atom. The Morgan fingerprint density at radius 1 is 0.731 bits per heavy atom. The van der Waals surface area contributed by atoms with E-state index in [4.69, 9.17) is 0 Å². The Labute approximate surface area is 156 Å². The highest BCUT2D eigenvalue weighted by atomic mass is 19.1. The average molecular weight is 344 g/mol. The van der Waals surface area contributed by atoms with Crippen molar-refractivity contribution in [2.45, 2.75) is 33.1 Å². The molecule has 0 N–H and O–H groups in total. The summed E-state index contributed by atoms with van der Waals surface area (Å²) >= 11 is 0. The Kier molecular flexibility index (Phi) is 5.68. The first-order valence-corrected chi connectivity index (χ1v) is 9.17. The smallest absolute Gasteiger partial charge is 0.130 e. The molecule has 1 heteroatoms. The fourth-order valence-corrected chi connectivity index (χ4v) is 3.37. The van der Waals surface area contributed by atoms with E-state index in [9.17, 15) is 0 Å². The highest BCUT2D eigenvalue weighted by Crippen LogP contribution is 2.38. The van der Waals surface area contributed by atoms with Crippen molar-refractivity contribution in [3.63, 3.8) is 0 Å². The molecule has 3 aromatic rings. The lowest BCUT2D eigenvalue weighted by molar-refractivity contribution is 0.722. The number of hydrogen-bond donors (Lipinski definition) is 0. The lowest BCUT2D eigenvalue weighted by Gasteiger charge is -2.22. The van der Waals surface area contributed by atoms with E-state index in [1.54, 1.807) is 0 Å². The van der Waals surface area contributed by atoms with Gasteiger partial charge in [-0.05, 0) is 37.0 Å². The van der Waals surface area contributed by atoms with E-state index >= 15 is 4.39 Å². The highest BCUT2D eigenvalue weighted by molar-refractivity contribution is 5.65. The Balaban J connectivity index is 2.18. The van der Waals surface area contributed by atoms with Gasteiger partial charge in [-0.25, -0.2) is 4.39 Å². The van der Waals surface area contributed by atoms with Crippen molar-refractivity contribution in [1.82, 2.24) is 0 Å². The second-order valence-electron chi connectivity index (χ2n) is 6.81. The van der Waals surface area contributed by atoms with E-state index in [0.29, 0.717) is 12.0 Å². The van der Waals surface area contributed by atoms with Crippen LogP contribution in [0.5, 0.6) is 0 Å². The maximum Gasteiger partial charge on any atom is 0.130 e. The quantitative estimate of drug-likeness (QED) is 0.458. The third kappa shape index (κ3) is 3.94. The topological polar surface area (TPSA) is 0 Å². The van der Waals surface area contributed by atoms with Gasteiger partial charge >= 0.3 is 0 Å². The summed E-state index contributed by atoms with van der Waals surface area (Å²) in [6, 6.07) is 26.2. The van der Waals surface area contributed by atoms with E-state index in [-0.39, 0.29) is 11.7 Å². The van der Waals surface area contributed by atoms with Gasteiger partial charge in [-0.15, -0.1) is 0 Å². The fraction of sp³-hybridized carbons (Fsp3) is 0.200. The standard InChI is InChI=1S/C25H25F/c1-4-23(25(26)22-8-6-5-7-9-22)24(20-14-10-18(2)11-15-20)21-16-12-19(3)13-17-21/h5-17,24H,4H2,1-3H3/b25-23+. The van der Waals surface area contributed by atoms with Crippen molar-refractivity contribution < 1.29 is 4.39 Å². The second-order valence-corrected chi connectivity index (χ2v) is 6.81.